The van der Waals surface area contributed by atoms with Crippen LogP contribution in [0.3, 0.4) is 0 Å². The van der Waals surface area contributed by atoms with E-state index >= 15 is 0 Å². The SMILES string of the molecule is CCN1c2cc(C(=O)NCc3ccc(F)cc3F)ccc2C(=O)N2CCCC[C@H]21. The van der Waals surface area contributed by atoms with Gasteiger partial charge in [-0.2, -0.15) is 0 Å². The maximum Gasteiger partial charge on any atom is 0.257 e. The number of nitrogens with one attached hydrogen (secondary N) is 1. The van der Waals surface area contributed by atoms with Gasteiger partial charge in [0.25, 0.3) is 11.8 Å². The number of halogens is 2. The van der Waals surface area contributed by atoms with Crippen molar-refractivity contribution in [2.24, 2.45) is 0 Å². The first-order chi connectivity index (χ1) is 14.0. The third kappa shape index (κ3) is 3.57. The first-order valence-corrected chi connectivity index (χ1v) is 9.93. The highest BCUT2D eigenvalue weighted by molar-refractivity contribution is 6.04. The molecule has 2 aromatic carbocycles. The normalized spacial score (nSPS) is 18.3. The summed E-state index contributed by atoms with van der Waals surface area (Å²) in [4.78, 5) is 29.6. The smallest absolute Gasteiger partial charge is 0.257 e. The topological polar surface area (TPSA) is 52.7 Å². The van der Waals surface area contributed by atoms with E-state index in [1.165, 1.54) is 6.07 Å². The first kappa shape index (κ1) is 19.4. The summed E-state index contributed by atoms with van der Waals surface area (Å²) in [5, 5.41) is 2.67. The Morgan fingerprint density at radius 1 is 1.17 bits per heavy atom. The Morgan fingerprint density at radius 3 is 2.76 bits per heavy atom. The summed E-state index contributed by atoms with van der Waals surface area (Å²) in [5.74, 6) is -1.72. The largest absolute Gasteiger partial charge is 0.351 e. The van der Waals surface area contributed by atoms with E-state index in [0.717, 1.165) is 50.2 Å². The molecule has 7 heteroatoms. The lowest BCUT2D eigenvalue weighted by atomic mass is 9.97. The highest BCUT2D eigenvalue weighted by Gasteiger charge is 2.38. The molecule has 2 amide bonds. The number of carbonyl (C=O) groups is 2. The molecule has 0 aliphatic carbocycles. The van der Waals surface area contributed by atoms with E-state index in [9.17, 15) is 18.4 Å². The Morgan fingerprint density at radius 2 is 2.00 bits per heavy atom. The zero-order chi connectivity index (χ0) is 20.5. The van der Waals surface area contributed by atoms with Crippen molar-refractivity contribution in [2.75, 3.05) is 18.0 Å². The molecule has 2 aliphatic heterocycles. The summed E-state index contributed by atoms with van der Waals surface area (Å²) in [6.45, 7) is 3.48. The molecule has 0 saturated carbocycles. The van der Waals surface area contributed by atoms with E-state index < -0.39 is 11.6 Å². The minimum atomic E-state index is -0.698. The molecule has 0 spiro atoms. The Labute approximate surface area is 168 Å². The number of benzene rings is 2. The fraction of sp³-hybridized carbons (Fsp3) is 0.364. The molecule has 1 saturated heterocycles. The minimum Gasteiger partial charge on any atom is -0.351 e. The van der Waals surface area contributed by atoms with Crippen molar-refractivity contribution in [3.8, 4) is 0 Å². The highest BCUT2D eigenvalue weighted by Crippen LogP contribution is 2.35. The van der Waals surface area contributed by atoms with Gasteiger partial charge in [0.15, 0.2) is 0 Å². The summed E-state index contributed by atoms with van der Waals surface area (Å²) in [5.41, 5.74) is 1.98. The van der Waals surface area contributed by atoms with Crippen molar-refractivity contribution in [3.63, 3.8) is 0 Å². The van der Waals surface area contributed by atoms with Crippen LogP contribution in [0.4, 0.5) is 14.5 Å². The number of hydrogen-bond acceptors (Lipinski definition) is 3. The molecule has 1 N–H and O–H groups in total. The number of hydrogen-bond donors (Lipinski definition) is 1. The zero-order valence-electron chi connectivity index (χ0n) is 16.3. The van der Waals surface area contributed by atoms with Crippen LogP contribution in [0.5, 0.6) is 0 Å². The van der Waals surface area contributed by atoms with Crippen molar-refractivity contribution >= 4 is 17.5 Å². The molecule has 2 heterocycles. The minimum absolute atomic E-state index is 0.00902. The van der Waals surface area contributed by atoms with E-state index in [2.05, 4.69) is 10.2 Å². The third-order valence-electron chi connectivity index (χ3n) is 5.69. The van der Waals surface area contributed by atoms with Gasteiger partial charge in [0, 0.05) is 36.8 Å². The van der Waals surface area contributed by atoms with Gasteiger partial charge in [-0.05, 0) is 50.5 Å². The van der Waals surface area contributed by atoms with Crippen LogP contribution < -0.4 is 10.2 Å². The van der Waals surface area contributed by atoms with Gasteiger partial charge in [-0.25, -0.2) is 8.78 Å². The van der Waals surface area contributed by atoms with Gasteiger partial charge in [0.1, 0.15) is 17.8 Å². The van der Waals surface area contributed by atoms with Gasteiger partial charge in [0.2, 0.25) is 0 Å². The molecule has 2 aromatic rings. The number of amides is 2. The molecule has 1 atom stereocenters. The molecule has 2 aliphatic rings. The van der Waals surface area contributed by atoms with Gasteiger partial charge >= 0.3 is 0 Å². The summed E-state index contributed by atoms with van der Waals surface area (Å²) in [6.07, 6.45) is 3.03. The van der Waals surface area contributed by atoms with Crippen LogP contribution in [0.2, 0.25) is 0 Å². The van der Waals surface area contributed by atoms with Gasteiger partial charge in [-0.15, -0.1) is 0 Å². The standard InChI is InChI=1S/C22H23F2N3O2/c1-2-26-19-11-14(21(28)25-13-15-6-8-16(23)12-18(15)24)7-9-17(19)22(29)27-10-4-3-5-20(26)27/h6-9,11-12,20H,2-5,10,13H2,1H3,(H,25,28)/t20-/m0/s1. The number of fused-ring (bicyclic) bond motifs is 2. The fourth-order valence-corrected chi connectivity index (χ4v) is 4.21. The molecule has 0 radical (unpaired) electrons. The lowest BCUT2D eigenvalue weighted by Crippen LogP contribution is -2.57. The van der Waals surface area contributed by atoms with Crippen LogP contribution in [0.1, 0.15) is 52.5 Å². The molecule has 4 rings (SSSR count). The summed E-state index contributed by atoms with van der Waals surface area (Å²) < 4.78 is 26.8. The van der Waals surface area contributed by atoms with Crippen molar-refractivity contribution in [1.29, 1.82) is 0 Å². The van der Waals surface area contributed by atoms with E-state index in [4.69, 9.17) is 0 Å². The van der Waals surface area contributed by atoms with E-state index in [-0.39, 0.29) is 30.1 Å². The van der Waals surface area contributed by atoms with E-state index in [1.54, 1.807) is 18.2 Å². The van der Waals surface area contributed by atoms with Crippen molar-refractivity contribution in [2.45, 2.75) is 38.9 Å². The lowest BCUT2D eigenvalue weighted by molar-refractivity contribution is 0.0582. The lowest BCUT2D eigenvalue weighted by Gasteiger charge is -2.47. The molecule has 0 bridgehead atoms. The number of nitrogens with zero attached hydrogens (tertiary/aromatic N) is 2. The second kappa shape index (κ2) is 7.81. The summed E-state index contributed by atoms with van der Waals surface area (Å²) in [7, 11) is 0. The summed E-state index contributed by atoms with van der Waals surface area (Å²) >= 11 is 0. The molecule has 1 fully saturated rings. The Kier molecular flexibility index (Phi) is 5.22. The third-order valence-corrected chi connectivity index (χ3v) is 5.69. The molecular formula is C22H23F2N3O2. The average Bonchev–Trinajstić information content (AvgIpc) is 2.73. The highest BCUT2D eigenvalue weighted by atomic mass is 19.1. The maximum atomic E-state index is 13.8. The van der Waals surface area contributed by atoms with Crippen LogP contribution in [-0.2, 0) is 6.54 Å². The summed E-state index contributed by atoms with van der Waals surface area (Å²) in [6, 6.07) is 8.31. The van der Waals surface area contributed by atoms with Gasteiger partial charge in [0.05, 0.1) is 11.3 Å². The van der Waals surface area contributed by atoms with Crippen LogP contribution in [0.25, 0.3) is 0 Å². The number of piperidine rings is 1. The van der Waals surface area contributed by atoms with Crippen LogP contribution >= 0.6 is 0 Å². The monoisotopic (exact) mass is 399 g/mol. The Hall–Kier alpha value is -2.96. The van der Waals surface area contributed by atoms with Gasteiger partial charge in [-0.3, -0.25) is 9.59 Å². The van der Waals surface area contributed by atoms with Crippen LogP contribution in [-0.4, -0.2) is 36.0 Å². The van der Waals surface area contributed by atoms with Crippen molar-refractivity contribution < 1.29 is 18.4 Å². The zero-order valence-corrected chi connectivity index (χ0v) is 16.3. The molecule has 0 unspecified atom stereocenters. The van der Waals surface area contributed by atoms with Gasteiger partial charge in [-0.1, -0.05) is 6.07 Å². The predicted molar refractivity (Wildman–Crippen MR) is 106 cm³/mol. The molecule has 152 valence electrons. The quantitative estimate of drug-likeness (QED) is 0.853. The average molecular weight is 399 g/mol. The van der Waals surface area contributed by atoms with Gasteiger partial charge < -0.3 is 15.1 Å². The first-order valence-electron chi connectivity index (χ1n) is 9.93. The van der Waals surface area contributed by atoms with Crippen LogP contribution in [0, 0.1) is 11.6 Å². The van der Waals surface area contributed by atoms with E-state index in [1.807, 2.05) is 11.8 Å². The second-order valence-corrected chi connectivity index (χ2v) is 7.41. The Bertz CT molecular complexity index is 963. The van der Waals surface area contributed by atoms with Crippen molar-refractivity contribution in [3.05, 3.63) is 64.7 Å². The number of rotatable bonds is 4. The molecular weight excluding hydrogens is 376 g/mol. The fourth-order valence-electron chi connectivity index (χ4n) is 4.21. The number of anilines is 1. The second-order valence-electron chi connectivity index (χ2n) is 7.41. The number of carbonyl (C=O) groups excluding carboxylic acids is 2. The molecule has 29 heavy (non-hydrogen) atoms. The van der Waals surface area contributed by atoms with Crippen LogP contribution in [0.15, 0.2) is 36.4 Å². The Balaban J connectivity index is 1.57. The predicted octanol–water partition coefficient (Wildman–Crippen LogP) is 3.69. The maximum absolute atomic E-state index is 13.8. The van der Waals surface area contributed by atoms with Crippen molar-refractivity contribution in [1.82, 2.24) is 10.2 Å². The molecule has 0 aromatic heterocycles. The molecule has 5 nitrogen and oxygen atoms in total. The van der Waals surface area contributed by atoms with E-state index in [0.29, 0.717) is 11.1 Å².